The Labute approximate surface area is 102 Å². The zero-order chi connectivity index (χ0) is 11.6. The molecule has 0 aromatic heterocycles. The maximum atomic E-state index is 11.3. The van der Waals surface area contributed by atoms with Crippen LogP contribution in [-0.2, 0) is 9.53 Å². The van der Waals surface area contributed by atoms with Crippen LogP contribution in [-0.4, -0.2) is 12.1 Å². The number of ether oxygens (including phenoxy) is 1. The summed E-state index contributed by atoms with van der Waals surface area (Å²) in [6.45, 7) is 3.48. The van der Waals surface area contributed by atoms with Crippen molar-refractivity contribution in [1.29, 1.82) is 0 Å². The molecule has 4 aliphatic rings. The number of fused-ring (bicyclic) bond motifs is 8. The molecular weight excluding hydrogens is 212 g/mol. The van der Waals surface area contributed by atoms with Crippen LogP contribution in [0.15, 0.2) is 23.8 Å². The molecule has 0 heterocycles. The molecule has 0 aliphatic heterocycles. The van der Waals surface area contributed by atoms with Crippen molar-refractivity contribution in [3.05, 3.63) is 23.8 Å². The third-order valence-electron chi connectivity index (χ3n) is 5.47. The summed E-state index contributed by atoms with van der Waals surface area (Å²) in [4.78, 5) is 11.3. The number of carbonyl (C=O) groups excluding carboxylic acids is 1. The Bertz CT molecular complexity index is 434. The van der Waals surface area contributed by atoms with Gasteiger partial charge in [-0.15, -0.1) is 0 Å². The normalized spacial score (nSPS) is 45.3. The minimum atomic E-state index is -0.254. The van der Waals surface area contributed by atoms with Crippen LogP contribution in [0.5, 0.6) is 0 Å². The second-order valence-corrected chi connectivity index (χ2v) is 6.11. The van der Waals surface area contributed by atoms with Gasteiger partial charge in [-0.05, 0) is 61.3 Å². The van der Waals surface area contributed by atoms with E-state index in [9.17, 15) is 4.79 Å². The summed E-state index contributed by atoms with van der Waals surface area (Å²) in [6.07, 6.45) is 7.91. The third-order valence-corrected chi connectivity index (χ3v) is 5.47. The minimum Gasteiger partial charge on any atom is -0.455 e. The van der Waals surface area contributed by atoms with E-state index in [1.807, 2.05) is 0 Å². The van der Waals surface area contributed by atoms with Gasteiger partial charge in [-0.2, -0.15) is 0 Å². The van der Waals surface area contributed by atoms with Crippen LogP contribution in [0.3, 0.4) is 0 Å². The Balaban J connectivity index is 1.65. The summed E-state index contributed by atoms with van der Waals surface area (Å²) >= 11 is 0. The lowest BCUT2D eigenvalue weighted by Crippen LogP contribution is -2.26. The monoisotopic (exact) mass is 230 g/mol. The lowest BCUT2D eigenvalue weighted by atomic mass is 9.76. The van der Waals surface area contributed by atoms with E-state index in [0.717, 1.165) is 30.1 Å². The van der Waals surface area contributed by atoms with Crippen LogP contribution in [0.1, 0.15) is 32.1 Å². The predicted molar refractivity (Wildman–Crippen MR) is 64.1 cm³/mol. The van der Waals surface area contributed by atoms with Crippen molar-refractivity contribution in [3.63, 3.8) is 0 Å². The van der Waals surface area contributed by atoms with Gasteiger partial charge in [0.05, 0.1) is 0 Å². The molecule has 4 rings (SSSR count). The van der Waals surface area contributed by atoms with Crippen molar-refractivity contribution in [3.8, 4) is 0 Å². The Kier molecular flexibility index (Phi) is 1.89. The van der Waals surface area contributed by atoms with Crippen molar-refractivity contribution in [2.75, 3.05) is 0 Å². The van der Waals surface area contributed by atoms with Gasteiger partial charge in [-0.3, -0.25) is 0 Å². The molecule has 3 saturated carbocycles. The molecule has 3 fully saturated rings. The van der Waals surface area contributed by atoms with E-state index in [0.29, 0.717) is 0 Å². The average Bonchev–Trinajstić information content (AvgIpc) is 3.06. The van der Waals surface area contributed by atoms with Gasteiger partial charge in [0.25, 0.3) is 0 Å². The molecular formula is C15H18O2. The first-order valence-corrected chi connectivity index (χ1v) is 6.83. The van der Waals surface area contributed by atoms with E-state index in [1.54, 1.807) is 5.57 Å². The van der Waals surface area contributed by atoms with Crippen molar-refractivity contribution < 1.29 is 9.53 Å². The van der Waals surface area contributed by atoms with E-state index in [2.05, 4.69) is 6.58 Å². The van der Waals surface area contributed by atoms with E-state index >= 15 is 0 Å². The number of carbonyl (C=O) groups is 1. The van der Waals surface area contributed by atoms with Gasteiger partial charge in [0.15, 0.2) is 0 Å². The van der Waals surface area contributed by atoms with Gasteiger partial charge in [-0.25, -0.2) is 4.79 Å². The van der Waals surface area contributed by atoms with Crippen molar-refractivity contribution >= 4 is 5.97 Å². The van der Waals surface area contributed by atoms with Crippen molar-refractivity contribution in [2.24, 2.45) is 23.7 Å². The number of rotatable bonds is 2. The molecule has 0 radical (unpaired) electrons. The summed E-state index contributed by atoms with van der Waals surface area (Å²) in [7, 11) is 0. The molecule has 5 unspecified atom stereocenters. The van der Waals surface area contributed by atoms with Crippen LogP contribution in [0.4, 0.5) is 0 Å². The lowest BCUT2D eigenvalue weighted by molar-refractivity contribution is -0.141. The molecule has 90 valence electrons. The molecule has 0 N–H and O–H groups in total. The lowest BCUT2D eigenvalue weighted by Gasteiger charge is -2.31. The van der Waals surface area contributed by atoms with Gasteiger partial charge in [0.2, 0.25) is 0 Å². The van der Waals surface area contributed by atoms with Crippen LogP contribution in [0.25, 0.3) is 0 Å². The molecule has 0 aromatic rings. The van der Waals surface area contributed by atoms with Crippen LogP contribution in [0.2, 0.25) is 0 Å². The zero-order valence-corrected chi connectivity index (χ0v) is 10.0. The topological polar surface area (TPSA) is 26.3 Å². The fourth-order valence-corrected chi connectivity index (χ4v) is 5.07. The van der Waals surface area contributed by atoms with Gasteiger partial charge in [-0.1, -0.05) is 12.2 Å². The maximum Gasteiger partial charge on any atom is 0.330 e. The Hall–Kier alpha value is -1.05. The first kappa shape index (κ1) is 9.93. The van der Waals surface area contributed by atoms with Crippen LogP contribution >= 0.6 is 0 Å². The van der Waals surface area contributed by atoms with Gasteiger partial charge in [0.1, 0.15) is 6.10 Å². The van der Waals surface area contributed by atoms with Gasteiger partial charge < -0.3 is 4.74 Å². The smallest absolute Gasteiger partial charge is 0.330 e. The van der Waals surface area contributed by atoms with Crippen molar-refractivity contribution in [1.82, 2.24) is 0 Å². The number of hydrogen-bond acceptors (Lipinski definition) is 2. The number of hydrogen-bond donors (Lipinski definition) is 0. The van der Waals surface area contributed by atoms with Crippen molar-refractivity contribution in [2.45, 2.75) is 38.2 Å². The zero-order valence-electron chi connectivity index (χ0n) is 10.0. The Morgan fingerprint density at radius 3 is 3.00 bits per heavy atom. The van der Waals surface area contributed by atoms with Gasteiger partial charge in [0, 0.05) is 6.08 Å². The SMILES string of the molecule is C=CC(=O)OC1CC2CC1=C1C3CCC(C3)C12. The highest BCUT2D eigenvalue weighted by Crippen LogP contribution is 2.64. The summed E-state index contributed by atoms with van der Waals surface area (Å²) in [5.41, 5.74) is 3.22. The molecule has 0 aromatic carbocycles. The molecule has 4 bridgehead atoms. The van der Waals surface area contributed by atoms with E-state index in [-0.39, 0.29) is 12.1 Å². The predicted octanol–water partition coefficient (Wildman–Crippen LogP) is 2.85. The summed E-state index contributed by atoms with van der Waals surface area (Å²) in [5, 5.41) is 0. The summed E-state index contributed by atoms with van der Waals surface area (Å²) < 4.78 is 5.50. The molecule has 4 aliphatic carbocycles. The highest BCUT2D eigenvalue weighted by Gasteiger charge is 2.56. The average molecular weight is 230 g/mol. The van der Waals surface area contributed by atoms with E-state index in [4.69, 9.17) is 4.74 Å². The Morgan fingerprint density at radius 2 is 2.18 bits per heavy atom. The first-order chi connectivity index (χ1) is 8.28. The highest BCUT2D eigenvalue weighted by molar-refractivity contribution is 5.81. The minimum absolute atomic E-state index is 0.0936. The molecule has 2 nitrogen and oxygen atoms in total. The third kappa shape index (κ3) is 1.19. The fourth-order valence-electron chi connectivity index (χ4n) is 5.07. The van der Waals surface area contributed by atoms with Crippen LogP contribution < -0.4 is 0 Å². The standard InChI is InChI=1S/C15H18O2/c1-2-13(16)17-12-7-10-6-11(12)15-9-4-3-8(5-9)14(10)15/h2,8-10,12,14H,1,3-7H2. The quantitative estimate of drug-likeness (QED) is 0.414. The van der Waals surface area contributed by atoms with E-state index < -0.39 is 0 Å². The first-order valence-electron chi connectivity index (χ1n) is 6.83. The molecule has 0 amide bonds. The second kappa shape index (κ2) is 3.24. The van der Waals surface area contributed by atoms with Crippen LogP contribution in [0, 0.1) is 23.7 Å². The molecule has 0 spiro atoms. The number of allylic oxidation sites excluding steroid dienone is 1. The summed E-state index contributed by atoms with van der Waals surface area (Å²) in [5.74, 6) is 3.22. The Morgan fingerprint density at radius 1 is 1.29 bits per heavy atom. The summed E-state index contributed by atoms with van der Waals surface area (Å²) in [6, 6.07) is 0. The number of esters is 1. The molecule has 0 saturated heterocycles. The molecule has 5 atom stereocenters. The highest BCUT2D eigenvalue weighted by atomic mass is 16.5. The van der Waals surface area contributed by atoms with E-state index in [1.165, 1.54) is 37.3 Å². The van der Waals surface area contributed by atoms with Gasteiger partial charge >= 0.3 is 5.97 Å². The largest absolute Gasteiger partial charge is 0.455 e. The molecule has 2 heteroatoms. The molecule has 17 heavy (non-hydrogen) atoms. The second-order valence-electron chi connectivity index (χ2n) is 6.11. The maximum absolute atomic E-state index is 11.3. The fraction of sp³-hybridized carbons (Fsp3) is 0.667.